The zero-order valence-electron chi connectivity index (χ0n) is 11.5. The molecule has 0 heterocycles. The zero-order chi connectivity index (χ0) is 14.5. The predicted octanol–water partition coefficient (Wildman–Crippen LogP) is 4.92. The van der Waals surface area contributed by atoms with E-state index < -0.39 is 11.7 Å². The fraction of sp³-hybridized carbons (Fsp3) is 0.600. The van der Waals surface area contributed by atoms with Gasteiger partial charge >= 0.3 is 6.18 Å². The van der Waals surface area contributed by atoms with E-state index in [4.69, 9.17) is 5.73 Å². The third kappa shape index (κ3) is 4.53. The van der Waals surface area contributed by atoms with E-state index in [1.165, 1.54) is 12.1 Å². The van der Waals surface area contributed by atoms with Crippen LogP contribution in [0, 0.1) is 5.92 Å². The van der Waals surface area contributed by atoms with E-state index in [1.807, 2.05) is 0 Å². The lowest BCUT2D eigenvalue weighted by atomic mass is 9.87. The van der Waals surface area contributed by atoms with Gasteiger partial charge in [-0.15, -0.1) is 0 Å². The van der Waals surface area contributed by atoms with Crippen LogP contribution in [0.5, 0.6) is 0 Å². The summed E-state index contributed by atoms with van der Waals surface area (Å²) in [5, 5.41) is 0. The van der Waals surface area contributed by atoms with Gasteiger partial charge in [0, 0.05) is 6.04 Å². The summed E-state index contributed by atoms with van der Waals surface area (Å²) in [7, 11) is 0. The van der Waals surface area contributed by atoms with Gasteiger partial charge in [0.05, 0.1) is 5.56 Å². The van der Waals surface area contributed by atoms with Gasteiger partial charge in [0.2, 0.25) is 0 Å². The van der Waals surface area contributed by atoms with Gasteiger partial charge in [0.25, 0.3) is 0 Å². The van der Waals surface area contributed by atoms with E-state index in [0.29, 0.717) is 5.92 Å². The normalized spacial score (nSPS) is 15.3. The van der Waals surface area contributed by atoms with Crippen LogP contribution in [0.2, 0.25) is 0 Å². The van der Waals surface area contributed by atoms with E-state index in [2.05, 4.69) is 13.8 Å². The molecule has 0 aliphatic heterocycles. The van der Waals surface area contributed by atoms with Crippen LogP contribution in [0.15, 0.2) is 24.3 Å². The highest BCUT2D eigenvalue weighted by Gasteiger charge is 2.30. The number of halogens is 3. The molecule has 0 amide bonds. The Hall–Kier alpha value is -1.03. The first-order valence-electron chi connectivity index (χ1n) is 6.82. The Bertz CT molecular complexity index is 370. The maximum atomic E-state index is 12.5. The van der Waals surface area contributed by atoms with Crippen LogP contribution in [0.4, 0.5) is 13.2 Å². The summed E-state index contributed by atoms with van der Waals surface area (Å²) in [4.78, 5) is 0. The van der Waals surface area contributed by atoms with Crippen molar-refractivity contribution in [2.75, 3.05) is 0 Å². The summed E-state index contributed by atoms with van der Waals surface area (Å²) in [5.74, 6) is 0.330. The number of nitrogens with two attached hydrogens (primary N) is 1. The van der Waals surface area contributed by atoms with Crippen LogP contribution in [0.25, 0.3) is 0 Å². The second-order valence-corrected chi connectivity index (χ2v) is 4.96. The molecule has 0 radical (unpaired) electrons. The Kier molecular flexibility index (Phi) is 5.85. The Labute approximate surface area is 113 Å². The second kappa shape index (κ2) is 6.94. The molecule has 1 aromatic carbocycles. The number of hydrogen-bond donors (Lipinski definition) is 1. The van der Waals surface area contributed by atoms with Gasteiger partial charge in [0.15, 0.2) is 0 Å². The van der Waals surface area contributed by atoms with E-state index in [-0.39, 0.29) is 6.04 Å². The Morgan fingerprint density at radius 1 is 1.11 bits per heavy atom. The predicted molar refractivity (Wildman–Crippen MR) is 71.7 cm³/mol. The average Bonchev–Trinajstić information content (AvgIpc) is 2.38. The SMILES string of the molecule is CCCCC(CC)C(N)c1ccc(C(F)(F)F)cc1. The monoisotopic (exact) mass is 273 g/mol. The molecule has 108 valence electrons. The Balaban J connectivity index is 2.78. The summed E-state index contributed by atoms with van der Waals surface area (Å²) >= 11 is 0. The summed E-state index contributed by atoms with van der Waals surface area (Å²) < 4.78 is 37.4. The maximum absolute atomic E-state index is 12.5. The van der Waals surface area contributed by atoms with Gasteiger partial charge in [-0.25, -0.2) is 0 Å². The van der Waals surface area contributed by atoms with Crippen molar-refractivity contribution in [3.05, 3.63) is 35.4 Å². The van der Waals surface area contributed by atoms with Crippen LogP contribution in [-0.2, 0) is 6.18 Å². The molecule has 1 rings (SSSR count). The molecule has 19 heavy (non-hydrogen) atoms. The van der Waals surface area contributed by atoms with Crippen molar-refractivity contribution < 1.29 is 13.2 Å². The molecule has 0 bridgehead atoms. The first-order valence-corrected chi connectivity index (χ1v) is 6.82. The summed E-state index contributed by atoms with van der Waals surface area (Å²) in [6, 6.07) is 5.05. The van der Waals surface area contributed by atoms with Gasteiger partial charge in [-0.2, -0.15) is 13.2 Å². The van der Waals surface area contributed by atoms with Crippen molar-refractivity contribution in [1.82, 2.24) is 0 Å². The lowest BCUT2D eigenvalue weighted by molar-refractivity contribution is -0.137. The highest BCUT2D eigenvalue weighted by atomic mass is 19.4. The van der Waals surface area contributed by atoms with Gasteiger partial charge < -0.3 is 5.73 Å². The molecule has 0 spiro atoms. The third-order valence-electron chi connectivity index (χ3n) is 3.58. The van der Waals surface area contributed by atoms with Crippen molar-refractivity contribution >= 4 is 0 Å². The number of benzene rings is 1. The fourth-order valence-corrected chi connectivity index (χ4v) is 2.27. The van der Waals surface area contributed by atoms with Crippen LogP contribution in [0.1, 0.15) is 56.7 Å². The van der Waals surface area contributed by atoms with E-state index in [1.54, 1.807) is 0 Å². The Morgan fingerprint density at radius 2 is 1.68 bits per heavy atom. The number of alkyl halides is 3. The van der Waals surface area contributed by atoms with Crippen LogP contribution < -0.4 is 5.73 Å². The fourth-order valence-electron chi connectivity index (χ4n) is 2.27. The smallest absolute Gasteiger partial charge is 0.324 e. The molecule has 2 unspecified atom stereocenters. The van der Waals surface area contributed by atoms with Gasteiger partial charge in [0.1, 0.15) is 0 Å². The highest BCUT2D eigenvalue weighted by molar-refractivity contribution is 5.27. The summed E-state index contributed by atoms with van der Waals surface area (Å²) in [6.45, 7) is 4.20. The van der Waals surface area contributed by atoms with Crippen molar-refractivity contribution in [1.29, 1.82) is 0 Å². The summed E-state index contributed by atoms with van der Waals surface area (Å²) in [5.41, 5.74) is 6.34. The molecular formula is C15H22F3N. The largest absolute Gasteiger partial charge is 0.416 e. The molecule has 0 saturated heterocycles. The van der Waals surface area contributed by atoms with Crippen LogP contribution >= 0.6 is 0 Å². The minimum atomic E-state index is -4.28. The molecule has 1 aromatic rings. The number of unbranched alkanes of at least 4 members (excludes halogenated alkanes) is 1. The molecule has 0 aliphatic rings. The zero-order valence-corrected chi connectivity index (χ0v) is 11.5. The van der Waals surface area contributed by atoms with Crippen molar-refractivity contribution in [3.63, 3.8) is 0 Å². The van der Waals surface area contributed by atoms with E-state index in [9.17, 15) is 13.2 Å². The molecule has 0 saturated carbocycles. The molecule has 0 aliphatic carbocycles. The first kappa shape index (κ1) is 16.0. The van der Waals surface area contributed by atoms with E-state index in [0.717, 1.165) is 43.4 Å². The van der Waals surface area contributed by atoms with Gasteiger partial charge in [-0.1, -0.05) is 45.2 Å². The average molecular weight is 273 g/mol. The van der Waals surface area contributed by atoms with Crippen molar-refractivity contribution in [3.8, 4) is 0 Å². The third-order valence-corrected chi connectivity index (χ3v) is 3.58. The molecule has 1 nitrogen and oxygen atoms in total. The minimum absolute atomic E-state index is 0.182. The minimum Gasteiger partial charge on any atom is -0.324 e. The molecule has 0 aromatic heterocycles. The number of hydrogen-bond acceptors (Lipinski definition) is 1. The van der Waals surface area contributed by atoms with Crippen molar-refractivity contribution in [2.45, 2.75) is 51.7 Å². The van der Waals surface area contributed by atoms with E-state index >= 15 is 0 Å². The molecule has 2 N–H and O–H groups in total. The first-order chi connectivity index (χ1) is 8.90. The van der Waals surface area contributed by atoms with Gasteiger partial charge in [-0.3, -0.25) is 0 Å². The molecule has 4 heteroatoms. The summed E-state index contributed by atoms with van der Waals surface area (Å²) in [6.07, 6.45) is -0.102. The maximum Gasteiger partial charge on any atom is 0.416 e. The molecular weight excluding hydrogens is 251 g/mol. The quantitative estimate of drug-likeness (QED) is 0.782. The standard InChI is InChI=1S/C15H22F3N/c1-3-5-6-11(4-2)14(19)12-7-9-13(10-8-12)15(16,17)18/h7-11,14H,3-6,19H2,1-2H3. The topological polar surface area (TPSA) is 26.0 Å². The van der Waals surface area contributed by atoms with Gasteiger partial charge in [-0.05, 0) is 30.0 Å². The highest BCUT2D eigenvalue weighted by Crippen LogP contribution is 2.32. The Morgan fingerprint density at radius 3 is 2.11 bits per heavy atom. The number of rotatable bonds is 6. The van der Waals surface area contributed by atoms with Crippen LogP contribution in [-0.4, -0.2) is 0 Å². The second-order valence-electron chi connectivity index (χ2n) is 4.96. The molecule has 0 fully saturated rings. The lowest BCUT2D eigenvalue weighted by Gasteiger charge is -2.23. The van der Waals surface area contributed by atoms with Crippen LogP contribution in [0.3, 0.4) is 0 Å². The molecule has 2 atom stereocenters. The lowest BCUT2D eigenvalue weighted by Crippen LogP contribution is -2.21. The van der Waals surface area contributed by atoms with Crippen molar-refractivity contribution in [2.24, 2.45) is 11.7 Å².